The minimum absolute atomic E-state index is 0.135. The summed E-state index contributed by atoms with van der Waals surface area (Å²) in [5.74, 6) is 0.765. The van der Waals surface area contributed by atoms with Gasteiger partial charge in [-0.3, -0.25) is 9.78 Å². The highest BCUT2D eigenvalue weighted by atomic mass is 32.2. The van der Waals surface area contributed by atoms with E-state index >= 15 is 0 Å². The Morgan fingerprint density at radius 1 is 1.02 bits per heavy atom. The average Bonchev–Trinajstić information content (AvgIpc) is 3.61. The highest BCUT2D eigenvalue weighted by Gasteiger charge is 2.39. The molecule has 3 unspecified atom stereocenters. The standard InChI is InChI=1S/C30H35N3O6S/c1-21-12-13-27(37-2)24(16-21)30(34)32-18-28(38-3)29(19-32)39-23-9-6-8-22(17-23)20-40(35,36)33-15-7-11-26(33)25-10-4-5-14-31-25/h4-6,8-10,12-14,16-17,26,28-29H,7,11,15,18-20H2,1-3H3. The number of hydrogen-bond acceptors (Lipinski definition) is 7. The first-order chi connectivity index (χ1) is 19.3. The predicted molar refractivity (Wildman–Crippen MR) is 151 cm³/mol. The van der Waals surface area contributed by atoms with Crippen molar-refractivity contribution in [3.8, 4) is 11.5 Å². The number of pyridine rings is 1. The first kappa shape index (κ1) is 28.1. The van der Waals surface area contributed by atoms with E-state index in [1.165, 1.54) is 0 Å². The molecule has 3 atom stereocenters. The molecule has 0 N–H and O–H groups in total. The Bertz CT molecular complexity index is 1450. The summed E-state index contributed by atoms with van der Waals surface area (Å²) in [6, 6.07) is 18.0. The Kier molecular flexibility index (Phi) is 8.39. The monoisotopic (exact) mass is 565 g/mol. The van der Waals surface area contributed by atoms with Crippen LogP contribution in [0, 0.1) is 6.92 Å². The third-order valence-corrected chi connectivity index (χ3v) is 9.37. The van der Waals surface area contributed by atoms with Crippen LogP contribution in [0.25, 0.3) is 0 Å². The van der Waals surface area contributed by atoms with Gasteiger partial charge in [0.05, 0.1) is 43.3 Å². The van der Waals surface area contributed by atoms with Gasteiger partial charge >= 0.3 is 0 Å². The molecule has 0 radical (unpaired) electrons. The van der Waals surface area contributed by atoms with Crippen LogP contribution >= 0.6 is 0 Å². The fourth-order valence-corrected chi connectivity index (χ4v) is 7.30. The first-order valence-electron chi connectivity index (χ1n) is 13.4. The van der Waals surface area contributed by atoms with E-state index in [-0.39, 0.29) is 23.8 Å². The van der Waals surface area contributed by atoms with E-state index in [0.717, 1.165) is 24.1 Å². The molecule has 1 aromatic heterocycles. The van der Waals surface area contributed by atoms with Gasteiger partial charge in [-0.25, -0.2) is 8.42 Å². The second-order valence-electron chi connectivity index (χ2n) is 10.3. The zero-order valence-electron chi connectivity index (χ0n) is 23.0. The van der Waals surface area contributed by atoms with E-state index in [1.807, 2.05) is 37.3 Å². The maximum atomic E-state index is 13.5. The van der Waals surface area contributed by atoms with Crippen LogP contribution in [0.1, 0.15) is 46.1 Å². The molecule has 3 heterocycles. The van der Waals surface area contributed by atoms with Crippen molar-refractivity contribution in [3.05, 3.63) is 89.2 Å². The number of carbonyl (C=O) groups is 1. The van der Waals surface area contributed by atoms with Gasteiger partial charge in [-0.15, -0.1) is 0 Å². The SMILES string of the molecule is COc1ccc(C)cc1C(=O)N1CC(OC)C(Oc2cccc(CS(=O)(=O)N3CCCC3c3ccccn3)c2)C1. The number of hydrogen-bond donors (Lipinski definition) is 0. The zero-order chi connectivity index (χ0) is 28.3. The molecule has 3 aromatic rings. The van der Waals surface area contributed by atoms with Gasteiger partial charge in [-0.05, 0) is 61.7 Å². The molecular formula is C30H35N3O6S. The highest BCUT2D eigenvalue weighted by Crippen LogP contribution is 2.34. The lowest BCUT2D eigenvalue weighted by Gasteiger charge is -2.24. The van der Waals surface area contributed by atoms with Crippen molar-refractivity contribution < 1.29 is 27.4 Å². The summed E-state index contributed by atoms with van der Waals surface area (Å²) in [4.78, 5) is 19.5. The third-order valence-electron chi connectivity index (χ3n) is 7.52. The van der Waals surface area contributed by atoms with E-state index in [1.54, 1.807) is 60.0 Å². The number of likely N-dealkylation sites (tertiary alicyclic amines) is 1. The summed E-state index contributed by atoms with van der Waals surface area (Å²) in [5.41, 5.74) is 2.87. The van der Waals surface area contributed by atoms with Crippen LogP contribution < -0.4 is 9.47 Å². The third kappa shape index (κ3) is 5.99. The lowest BCUT2D eigenvalue weighted by molar-refractivity contribution is 0.0339. The number of aryl methyl sites for hydroxylation is 1. The van der Waals surface area contributed by atoms with E-state index in [0.29, 0.717) is 42.3 Å². The average molecular weight is 566 g/mol. The van der Waals surface area contributed by atoms with Gasteiger partial charge in [0.2, 0.25) is 10.0 Å². The Balaban J connectivity index is 1.28. The molecule has 2 fully saturated rings. The van der Waals surface area contributed by atoms with E-state index in [2.05, 4.69) is 4.98 Å². The second kappa shape index (κ2) is 12.0. The van der Waals surface area contributed by atoms with Gasteiger partial charge in [0, 0.05) is 19.9 Å². The molecule has 0 bridgehead atoms. The van der Waals surface area contributed by atoms with Crippen LogP contribution in [0.5, 0.6) is 11.5 Å². The Hall–Kier alpha value is -3.47. The van der Waals surface area contributed by atoms with Crippen molar-refractivity contribution >= 4 is 15.9 Å². The number of nitrogens with zero attached hydrogens (tertiary/aromatic N) is 3. The first-order valence-corrected chi connectivity index (χ1v) is 15.0. The minimum atomic E-state index is -3.58. The number of rotatable bonds is 9. The summed E-state index contributed by atoms with van der Waals surface area (Å²) < 4.78 is 45.8. The summed E-state index contributed by atoms with van der Waals surface area (Å²) >= 11 is 0. The van der Waals surface area contributed by atoms with Crippen LogP contribution in [-0.2, 0) is 20.5 Å². The fraction of sp³-hybridized carbons (Fsp3) is 0.400. The molecule has 2 saturated heterocycles. The Labute approximate surface area is 235 Å². The van der Waals surface area contributed by atoms with E-state index < -0.39 is 16.1 Å². The molecule has 2 aliphatic rings. The van der Waals surface area contributed by atoms with Crippen LogP contribution in [0.2, 0.25) is 0 Å². The summed E-state index contributed by atoms with van der Waals surface area (Å²) in [6.07, 6.45) is 2.50. The smallest absolute Gasteiger partial charge is 0.257 e. The second-order valence-corrected chi connectivity index (χ2v) is 12.2. The minimum Gasteiger partial charge on any atom is -0.496 e. The zero-order valence-corrected chi connectivity index (χ0v) is 23.8. The molecular weight excluding hydrogens is 530 g/mol. The van der Waals surface area contributed by atoms with Gasteiger partial charge in [-0.2, -0.15) is 4.31 Å². The van der Waals surface area contributed by atoms with Crippen LogP contribution in [0.4, 0.5) is 0 Å². The number of sulfonamides is 1. The summed E-state index contributed by atoms with van der Waals surface area (Å²) in [6.45, 7) is 3.11. The van der Waals surface area contributed by atoms with Gasteiger partial charge in [0.1, 0.15) is 23.7 Å². The molecule has 2 aliphatic heterocycles. The van der Waals surface area contributed by atoms with Crippen molar-refractivity contribution in [3.63, 3.8) is 0 Å². The van der Waals surface area contributed by atoms with Crippen molar-refractivity contribution in [2.75, 3.05) is 33.9 Å². The molecule has 212 valence electrons. The van der Waals surface area contributed by atoms with Crippen LogP contribution in [0.3, 0.4) is 0 Å². The highest BCUT2D eigenvalue weighted by molar-refractivity contribution is 7.88. The van der Waals surface area contributed by atoms with Crippen LogP contribution in [0.15, 0.2) is 66.9 Å². The lowest BCUT2D eigenvalue weighted by Crippen LogP contribution is -2.32. The molecule has 1 amide bonds. The predicted octanol–water partition coefficient (Wildman–Crippen LogP) is 3.98. The molecule has 40 heavy (non-hydrogen) atoms. The van der Waals surface area contributed by atoms with Gasteiger partial charge < -0.3 is 19.1 Å². The molecule has 9 nitrogen and oxygen atoms in total. The maximum absolute atomic E-state index is 13.5. The molecule has 10 heteroatoms. The Morgan fingerprint density at radius 2 is 1.85 bits per heavy atom. The van der Waals surface area contributed by atoms with E-state index in [9.17, 15) is 13.2 Å². The quantitative estimate of drug-likeness (QED) is 0.387. The topological polar surface area (TPSA) is 98.3 Å². The Morgan fingerprint density at radius 3 is 2.60 bits per heavy atom. The molecule has 0 saturated carbocycles. The van der Waals surface area contributed by atoms with Crippen molar-refractivity contribution in [2.45, 2.75) is 43.8 Å². The fourth-order valence-electron chi connectivity index (χ4n) is 5.53. The molecule has 5 rings (SSSR count). The van der Waals surface area contributed by atoms with Crippen molar-refractivity contribution in [1.29, 1.82) is 0 Å². The number of carbonyl (C=O) groups excluding carboxylic acids is 1. The van der Waals surface area contributed by atoms with Gasteiger partial charge in [0.25, 0.3) is 5.91 Å². The number of aromatic nitrogens is 1. The van der Waals surface area contributed by atoms with Crippen molar-refractivity contribution in [2.24, 2.45) is 0 Å². The lowest BCUT2D eigenvalue weighted by atomic mass is 10.1. The number of amides is 1. The molecule has 0 aliphatic carbocycles. The van der Waals surface area contributed by atoms with Gasteiger partial charge in [-0.1, -0.05) is 29.8 Å². The maximum Gasteiger partial charge on any atom is 0.257 e. The van der Waals surface area contributed by atoms with Crippen molar-refractivity contribution in [1.82, 2.24) is 14.2 Å². The number of ether oxygens (including phenoxy) is 3. The summed E-state index contributed by atoms with van der Waals surface area (Å²) in [7, 11) is -0.439. The van der Waals surface area contributed by atoms with Crippen LogP contribution in [-0.4, -0.2) is 74.6 Å². The molecule has 0 spiro atoms. The van der Waals surface area contributed by atoms with Gasteiger partial charge in [0.15, 0.2) is 0 Å². The number of benzene rings is 2. The normalized spacial score (nSPS) is 21.5. The molecule has 2 aromatic carbocycles. The largest absolute Gasteiger partial charge is 0.496 e. The summed E-state index contributed by atoms with van der Waals surface area (Å²) in [5, 5.41) is 0. The van der Waals surface area contributed by atoms with E-state index in [4.69, 9.17) is 14.2 Å². The number of methoxy groups -OCH3 is 2.